The highest BCUT2D eigenvalue weighted by atomic mass is 127. The van der Waals surface area contributed by atoms with Gasteiger partial charge in [-0.2, -0.15) is 0 Å². The van der Waals surface area contributed by atoms with Crippen molar-refractivity contribution < 1.29 is 9.53 Å². The van der Waals surface area contributed by atoms with E-state index in [2.05, 4.69) is 15.2 Å². The molecule has 2 aliphatic rings. The van der Waals surface area contributed by atoms with Gasteiger partial charge in [0.1, 0.15) is 0 Å². The van der Waals surface area contributed by atoms with Crippen molar-refractivity contribution in [2.45, 2.75) is 32.1 Å². The fourth-order valence-electron chi connectivity index (χ4n) is 2.81. The van der Waals surface area contributed by atoms with Crippen LogP contribution >= 0.6 is 24.0 Å². The molecule has 0 aromatic rings. The molecule has 1 aliphatic heterocycles. The molecule has 0 radical (unpaired) electrons. The van der Waals surface area contributed by atoms with E-state index in [-0.39, 0.29) is 29.9 Å². The highest BCUT2D eigenvalue weighted by Gasteiger charge is 2.23. The summed E-state index contributed by atoms with van der Waals surface area (Å²) in [6.45, 7) is 4.22. The first-order chi connectivity index (χ1) is 10.2. The van der Waals surface area contributed by atoms with Crippen LogP contribution in [-0.4, -0.2) is 56.7 Å². The molecule has 0 spiro atoms. The van der Waals surface area contributed by atoms with Crippen molar-refractivity contribution in [1.29, 1.82) is 0 Å². The zero-order chi connectivity index (χ0) is 15.1. The number of nitrogens with one attached hydrogen (secondary N) is 1. The van der Waals surface area contributed by atoms with Crippen molar-refractivity contribution in [3.8, 4) is 0 Å². The minimum Gasteiger partial charge on any atom is -0.379 e. The number of piperidine rings is 1. The normalized spacial score (nSPS) is 22.1. The van der Waals surface area contributed by atoms with Crippen LogP contribution in [0.5, 0.6) is 0 Å². The molecule has 1 unspecified atom stereocenters. The number of likely N-dealkylation sites (tertiary alicyclic amines) is 1. The van der Waals surface area contributed by atoms with Crippen molar-refractivity contribution in [2.75, 3.05) is 39.9 Å². The molecule has 1 aliphatic carbocycles. The lowest BCUT2D eigenvalue weighted by atomic mass is 9.95. The van der Waals surface area contributed by atoms with E-state index in [0.717, 1.165) is 51.0 Å². The van der Waals surface area contributed by atoms with Gasteiger partial charge in [-0.15, -0.1) is 24.0 Å². The van der Waals surface area contributed by atoms with Crippen LogP contribution in [0.15, 0.2) is 4.99 Å². The van der Waals surface area contributed by atoms with E-state index in [0.29, 0.717) is 18.9 Å². The van der Waals surface area contributed by atoms with Gasteiger partial charge in [-0.25, -0.2) is 0 Å². The van der Waals surface area contributed by atoms with Gasteiger partial charge in [0.2, 0.25) is 5.91 Å². The van der Waals surface area contributed by atoms with Gasteiger partial charge in [-0.05, 0) is 37.5 Å². The number of nitrogens with zero attached hydrogens (tertiary/aromatic N) is 2. The van der Waals surface area contributed by atoms with Gasteiger partial charge >= 0.3 is 0 Å². The molecule has 0 aromatic carbocycles. The van der Waals surface area contributed by atoms with Gasteiger partial charge in [0, 0.05) is 39.7 Å². The number of nitrogens with two attached hydrogens (primary N) is 1. The van der Waals surface area contributed by atoms with Crippen LogP contribution in [0, 0.1) is 11.8 Å². The molecule has 128 valence electrons. The second kappa shape index (κ2) is 10.3. The molecule has 0 bridgehead atoms. The van der Waals surface area contributed by atoms with E-state index in [4.69, 9.17) is 10.5 Å². The fourth-order valence-corrected chi connectivity index (χ4v) is 2.81. The van der Waals surface area contributed by atoms with Crippen molar-refractivity contribution in [2.24, 2.45) is 22.6 Å². The standard InChI is InChI=1S/C15H28N4O2.HI/c1-17-15(18-6-8-21-11-12-4-5-12)19-7-2-3-13(10-19)9-14(16)20;/h12-13H,2-11H2,1H3,(H2,16,20)(H,17,18);1H. The summed E-state index contributed by atoms with van der Waals surface area (Å²) >= 11 is 0. The molecule has 1 amide bonds. The van der Waals surface area contributed by atoms with E-state index in [1.165, 1.54) is 12.8 Å². The van der Waals surface area contributed by atoms with Gasteiger partial charge in [0.15, 0.2) is 5.96 Å². The third-order valence-electron chi connectivity index (χ3n) is 4.10. The highest BCUT2D eigenvalue weighted by Crippen LogP contribution is 2.28. The molecule has 7 heteroatoms. The summed E-state index contributed by atoms with van der Waals surface area (Å²) in [5.41, 5.74) is 5.30. The Kier molecular flexibility index (Phi) is 9.08. The van der Waals surface area contributed by atoms with Gasteiger partial charge in [-0.1, -0.05) is 0 Å². The molecular weight excluding hydrogens is 395 g/mol. The molecule has 3 N–H and O–H groups in total. The van der Waals surface area contributed by atoms with Gasteiger partial charge < -0.3 is 20.7 Å². The third kappa shape index (κ3) is 7.13. The minimum absolute atomic E-state index is 0. The van der Waals surface area contributed by atoms with Gasteiger partial charge in [0.05, 0.1) is 6.61 Å². The number of carbonyl (C=O) groups is 1. The van der Waals surface area contributed by atoms with Gasteiger partial charge in [0.25, 0.3) is 0 Å². The van der Waals surface area contributed by atoms with E-state index >= 15 is 0 Å². The minimum atomic E-state index is -0.210. The topological polar surface area (TPSA) is 80.0 Å². The SMILES string of the molecule is CN=C(NCCOCC1CC1)N1CCCC(CC(N)=O)C1.I. The average molecular weight is 424 g/mol. The van der Waals surface area contributed by atoms with E-state index in [1.807, 2.05) is 0 Å². The number of hydrogen-bond acceptors (Lipinski definition) is 3. The second-order valence-electron chi connectivity index (χ2n) is 6.12. The van der Waals surface area contributed by atoms with Crippen LogP contribution in [-0.2, 0) is 9.53 Å². The number of rotatable bonds is 7. The third-order valence-corrected chi connectivity index (χ3v) is 4.10. The van der Waals surface area contributed by atoms with Crippen molar-refractivity contribution in [3.05, 3.63) is 0 Å². The molecule has 2 rings (SSSR count). The Bertz CT molecular complexity index is 375. The zero-order valence-corrected chi connectivity index (χ0v) is 15.8. The molecule has 1 saturated carbocycles. The van der Waals surface area contributed by atoms with Gasteiger partial charge in [-0.3, -0.25) is 9.79 Å². The summed E-state index contributed by atoms with van der Waals surface area (Å²) in [6.07, 6.45) is 5.27. The zero-order valence-electron chi connectivity index (χ0n) is 13.4. The molecule has 22 heavy (non-hydrogen) atoms. The first-order valence-electron chi connectivity index (χ1n) is 8.00. The maximum atomic E-state index is 11.1. The first kappa shape index (κ1) is 19.5. The predicted octanol–water partition coefficient (Wildman–Crippen LogP) is 1.19. The second-order valence-corrected chi connectivity index (χ2v) is 6.12. The van der Waals surface area contributed by atoms with Crippen molar-refractivity contribution >= 4 is 35.8 Å². The van der Waals surface area contributed by atoms with E-state index in [9.17, 15) is 4.79 Å². The van der Waals surface area contributed by atoms with Crippen LogP contribution in [0.25, 0.3) is 0 Å². The lowest BCUT2D eigenvalue weighted by Crippen LogP contribution is -2.47. The van der Waals surface area contributed by atoms with Crippen LogP contribution in [0.1, 0.15) is 32.1 Å². The summed E-state index contributed by atoms with van der Waals surface area (Å²) in [5.74, 6) is 1.85. The molecule has 1 atom stereocenters. The largest absolute Gasteiger partial charge is 0.379 e. The van der Waals surface area contributed by atoms with Crippen molar-refractivity contribution in [3.63, 3.8) is 0 Å². The Labute approximate surface area is 150 Å². The average Bonchev–Trinajstić information content (AvgIpc) is 3.26. The van der Waals surface area contributed by atoms with E-state index < -0.39 is 0 Å². The number of primary amides is 1. The number of amides is 1. The lowest BCUT2D eigenvalue weighted by Gasteiger charge is -2.34. The smallest absolute Gasteiger partial charge is 0.217 e. The Hall–Kier alpha value is -0.570. The Morgan fingerprint density at radius 1 is 1.36 bits per heavy atom. The monoisotopic (exact) mass is 424 g/mol. The predicted molar refractivity (Wildman–Crippen MR) is 98.4 cm³/mol. The molecule has 0 aromatic heterocycles. The summed E-state index contributed by atoms with van der Waals surface area (Å²) in [7, 11) is 1.80. The quantitative estimate of drug-likeness (QED) is 0.279. The van der Waals surface area contributed by atoms with E-state index in [1.54, 1.807) is 7.05 Å². The number of hydrogen-bond donors (Lipinski definition) is 2. The maximum Gasteiger partial charge on any atom is 0.217 e. The van der Waals surface area contributed by atoms with Crippen LogP contribution in [0.4, 0.5) is 0 Å². The summed E-state index contributed by atoms with van der Waals surface area (Å²) in [4.78, 5) is 17.6. The van der Waals surface area contributed by atoms with Crippen molar-refractivity contribution in [1.82, 2.24) is 10.2 Å². The molecule has 6 nitrogen and oxygen atoms in total. The Morgan fingerprint density at radius 2 is 2.14 bits per heavy atom. The fraction of sp³-hybridized carbons (Fsp3) is 0.867. The summed E-state index contributed by atoms with van der Waals surface area (Å²) < 4.78 is 5.62. The number of carbonyl (C=O) groups excluding carboxylic acids is 1. The van der Waals surface area contributed by atoms with Crippen LogP contribution in [0.2, 0.25) is 0 Å². The highest BCUT2D eigenvalue weighted by molar-refractivity contribution is 14.0. The molecule has 1 saturated heterocycles. The van der Waals surface area contributed by atoms with Crippen LogP contribution in [0.3, 0.4) is 0 Å². The number of aliphatic imine (C=N–C) groups is 1. The number of ether oxygens (including phenoxy) is 1. The van der Waals surface area contributed by atoms with Crippen LogP contribution < -0.4 is 11.1 Å². The molecule has 2 fully saturated rings. The molecule has 1 heterocycles. The number of guanidine groups is 1. The summed E-state index contributed by atoms with van der Waals surface area (Å²) in [5, 5.41) is 3.34. The molecular formula is C15H29IN4O2. The maximum absolute atomic E-state index is 11.1. The summed E-state index contributed by atoms with van der Waals surface area (Å²) in [6, 6.07) is 0. The first-order valence-corrected chi connectivity index (χ1v) is 8.00. The number of halogens is 1. The Balaban J connectivity index is 0.00000242. The Morgan fingerprint density at radius 3 is 2.77 bits per heavy atom. The lowest BCUT2D eigenvalue weighted by molar-refractivity contribution is -0.119.